The third-order valence-electron chi connectivity index (χ3n) is 2.86. The van der Waals surface area contributed by atoms with Gasteiger partial charge in [0, 0.05) is 11.9 Å². The first kappa shape index (κ1) is 15.4. The van der Waals surface area contributed by atoms with E-state index in [-0.39, 0.29) is 17.5 Å². The van der Waals surface area contributed by atoms with Gasteiger partial charge in [0.15, 0.2) is 0 Å². The fourth-order valence-corrected chi connectivity index (χ4v) is 1.68. The van der Waals surface area contributed by atoms with E-state index in [4.69, 9.17) is 11.6 Å². The highest BCUT2D eigenvalue weighted by atomic mass is 35.5. The number of carbonyl (C=O) groups is 1. The molecule has 1 aromatic carbocycles. The van der Waals surface area contributed by atoms with Crippen LogP contribution in [0.4, 0.5) is 10.1 Å². The fraction of sp³-hybridized carbons (Fsp3) is 0.417. The van der Waals surface area contributed by atoms with Gasteiger partial charge in [-0.25, -0.2) is 4.39 Å². The van der Waals surface area contributed by atoms with E-state index in [0.717, 1.165) is 18.2 Å². The molecular formula is C12H14ClFN2O3. The van der Waals surface area contributed by atoms with Gasteiger partial charge < -0.3 is 5.32 Å². The third kappa shape index (κ3) is 3.89. The number of hydrogen-bond donors (Lipinski definition) is 1. The van der Waals surface area contributed by atoms with E-state index >= 15 is 0 Å². The molecule has 0 aromatic heterocycles. The Balaban J connectivity index is 2.97. The Kier molecular flexibility index (Phi) is 5.23. The molecule has 0 saturated heterocycles. The first-order valence-electron chi connectivity index (χ1n) is 5.67. The molecule has 0 spiro atoms. The van der Waals surface area contributed by atoms with Gasteiger partial charge >= 0.3 is 0 Å². The van der Waals surface area contributed by atoms with Gasteiger partial charge in [-0.3, -0.25) is 14.9 Å². The lowest BCUT2D eigenvalue weighted by Crippen LogP contribution is -2.38. The summed E-state index contributed by atoms with van der Waals surface area (Å²) in [6, 6.07) is 2.60. The van der Waals surface area contributed by atoms with Crippen molar-refractivity contribution in [2.75, 3.05) is 5.88 Å². The molecule has 1 aromatic rings. The second-order valence-corrected chi connectivity index (χ2v) is 4.62. The van der Waals surface area contributed by atoms with Gasteiger partial charge in [-0.05, 0) is 25.0 Å². The molecule has 0 aliphatic heterocycles. The molecule has 2 unspecified atom stereocenters. The zero-order valence-corrected chi connectivity index (χ0v) is 11.3. The van der Waals surface area contributed by atoms with Crippen LogP contribution in [-0.4, -0.2) is 22.8 Å². The third-order valence-corrected chi connectivity index (χ3v) is 3.34. The van der Waals surface area contributed by atoms with Crippen molar-refractivity contribution in [3.63, 3.8) is 0 Å². The highest BCUT2D eigenvalue weighted by molar-refractivity contribution is 6.18. The predicted octanol–water partition coefficient (Wildman–Crippen LogP) is 2.73. The zero-order valence-electron chi connectivity index (χ0n) is 10.5. The highest BCUT2D eigenvalue weighted by Gasteiger charge is 2.23. The molecule has 0 aliphatic rings. The zero-order chi connectivity index (χ0) is 14.6. The Labute approximate surface area is 114 Å². The molecule has 1 N–H and O–H groups in total. The normalized spacial score (nSPS) is 13.7. The molecule has 0 heterocycles. The second-order valence-electron chi connectivity index (χ2n) is 4.31. The van der Waals surface area contributed by atoms with Crippen LogP contribution in [0.2, 0.25) is 0 Å². The summed E-state index contributed by atoms with van der Waals surface area (Å²) in [5.74, 6) is -1.00. The van der Waals surface area contributed by atoms with Crippen molar-refractivity contribution in [3.8, 4) is 0 Å². The molecule has 5 nitrogen and oxygen atoms in total. The number of hydrogen-bond acceptors (Lipinski definition) is 3. The quantitative estimate of drug-likeness (QED) is 0.514. The number of amides is 1. The summed E-state index contributed by atoms with van der Waals surface area (Å²) < 4.78 is 13.0. The Morgan fingerprint density at radius 2 is 2.16 bits per heavy atom. The Hall–Kier alpha value is -1.69. The van der Waals surface area contributed by atoms with E-state index in [1.54, 1.807) is 6.92 Å². The van der Waals surface area contributed by atoms with Crippen LogP contribution in [0.3, 0.4) is 0 Å². The Morgan fingerprint density at radius 1 is 1.53 bits per heavy atom. The number of benzene rings is 1. The fourth-order valence-electron chi connectivity index (χ4n) is 1.41. The molecule has 0 saturated carbocycles. The molecule has 0 radical (unpaired) electrons. The molecule has 19 heavy (non-hydrogen) atoms. The minimum atomic E-state index is -0.784. The molecule has 7 heteroatoms. The minimum absolute atomic E-state index is 0.0186. The van der Waals surface area contributed by atoms with Crippen LogP contribution >= 0.6 is 11.6 Å². The maximum Gasteiger partial charge on any atom is 0.285 e. The largest absolute Gasteiger partial charge is 0.349 e. The number of nitrogens with zero attached hydrogens (tertiary/aromatic N) is 1. The lowest BCUT2D eigenvalue weighted by atomic mass is 10.1. The van der Waals surface area contributed by atoms with E-state index in [1.807, 2.05) is 6.92 Å². The van der Waals surface area contributed by atoms with Crippen LogP contribution in [0.25, 0.3) is 0 Å². The van der Waals surface area contributed by atoms with Crippen LogP contribution in [0.5, 0.6) is 0 Å². The maximum atomic E-state index is 13.0. The monoisotopic (exact) mass is 288 g/mol. The summed E-state index contributed by atoms with van der Waals surface area (Å²) in [6.07, 6.45) is 0. The lowest BCUT2D eigenvalue weighted by molar-refractivity contribution is -0.385. The van der Waals surface area contributed by atoms with E-state index in [0.29, 0.717) is 5.88 Å². The molecule has 0 fully saturated rings. The molecular weight excluding hydrogens is 275 g/mol. The van der Waals surface area contributed by atoms with Gasteiger partial charge in [0.05, 0.1) is 11.0 Å². The number of nitro groups is 1. The molecule has 2 atom stereocenters. The van der Waals surface area contributed by atoms with Gasteiger partial charge in [0.2, 0.25) is 0 Å². The average molecular weight is 289 g/mol. The minimum Gasteiger partial charge on any atom is -0.349 e. The predicted molar refractivity (Wildman–Crippen MR) is 69.9 cm³/mol. The molecule has 0 aliphatic carbocycles. The summed E-state index contributed by atoms with van der Waals surface area (Å²) in [7, 11) is 0. The van der Waals surface area contributed by atoms with Crippen molar-refractivity contribution in [2.24, 2.45) is 5.92 Å². The van der Waals surface area contributed by atoms with Crippen molar-refractivity contribution < 1.29 is 14.1 Å². The number of rotatable bonds is 5. The molecule has 1 amide bonds. The van der Waals surface area contributed by atoms with Gasteiger partial charge in [-0.2, -0.15) is 0 Å². The topological polar surface area (TPSA) is 72.2 Å². The van der Waals surface area contributed by atoms with Crippen LogP contribution in [0.15, 0.2) is 18.2 Å². The Morgan fingerprint density at radius 3 is 2.68 bits per heavy atom. The summed E-state index contributed by atoms with van der Waals surface area (Å²) in [5, 5.41) is 13.4. The summed E-state index contributed by atoms with van der Waals surface area (Å²) in [5.41, 5.74) is -0.719. The number of nitro benzene ring substituents is 1. The molecule has 1 rings (SSSR count). The molecule has 0 bridgehead atoms. The highest BCUT2D eigenvalue weighted by Crippen LogP contribution is 2.20. The summed E-state index contributed by atoms with van der Waals surface area (Å²) in [6.45, 7) is 3.59. The molecule has 104 valence electrons. The van der Waals surface area contributed by atoms with Crippen LogP contribution in [0, 0.1) is 21.8 Å². The van der Waals surface area contributed by atoms with E-state index in [1.165, 1.54) is 0 Å². The first-order valence-corrected chi connectivity index (χ1v) is 6.21. The van der Waals surface area contributed by atoms with Gasteiger partial charge in [-0.1, -0.05) is 6.92 Å². The smallest absolute Gasteiger partial charge is 0.285 e. The van der Waals surface area contributed by atoms with Crippen LogP contribution < -0.4 is 5.32 Å². The van der Waals surface area contributed by atoms with Gasteiger partial charge in [0.25, 0.3) is 11.6 Å². The summed E-state index contributed by atoms with van der Waals surface area (Å²) in [4.78, 5) is 21.9. The van der Waals surface area contributed by atoms with Crippen molar-refractivity contribution in [1.29, 1.82) is 0 Å². The van der Waals surface area contributed by atoms with E-state index < -0.39 is 22.3 Å². The summed E-state index contributed by atoms with van der Waals surface area (Å²) >= 11 is 5.67. The van der Waals surface area contributed by atoms with Crippen LogP contribution in [0.1, 0.15) is 24.2 Å². The SMILES string of the molecule is CC(CCl)C(C)NC(=O)c1ccc(F)cc1[N+](=O)[O-]. The van der Waals surface area contributed by atoms with Gasteiger partial charge in [0.1, 0.15) is 11.4 Å². The van der Waals surface area contributed by atoms with Gasteiger partial charge in [-0.15, -0.1) is 11.6 Å². The van der Waals surface area contributed by atoms with Crippen molar-refractivity contribution in [1.82, 2.24) is 5.32 Å². The standard InChI is InChI=1S/C12H14ClFN2O3/c1-7(6-13)8(2)15-12(17)10-4-3-9(14)5-11(10)16(18)19/h3-5,7-8H,6H2,1-2H3,(H,15,17). The Bertz CT molecular complexity index is 496. The lowest BCUT2D eigenvalue weighted by Gasteiger charge is -2.19. The number of alkyl halides is 1. The van der Waals surface area contributed by atoms with Crippen molar-refractivity contribution in [3.05, 3.63) is 39.7 Å². The number of carbonyl (C=O) groups excluding carboxylic acids is 1. The number of nitrogens with one attached hydrogen (secondary N) is 1. The van der Waals surface area contributed by atoms with E-state index in [2.05, 4.69) is 5.32 Å². The van der Waals surface area contributed by atoms with Crippen molar-refractivity contribution >= 4 is 23.2 Å². The van der Waals surface area contributed by atoms with Crippen LogP contribution in [-0.2, 0) is 0 Å². The first-order chi connectivity index (χ1) is 8.86. The van der Waals surface area contributed by atoms with Crippen molar-refractivity contribution in [2.45, 2.75) is 19.9 Å². The average Bonchev–Trinajstić information content (AvgIpc) is 2.37. The van der Waals surface area contributed by atoms with E-state index in [9.17, 15) is 19.3 Å². The maximum absolute atomic E-state index is 13.0. The number of halogens is 2. The second kappa shape index (κ2) is 6.47.